The standard InChI is InChI=1S/C25H35N3O2.ClH/c1-5-27-12-11-25(18-9-8-10-20(29)13-18)15-22-21(14-19(25)16-27)17(4)23(26-22)24(30)28(6-2)7-3;/h8-10,13,19,26,29H,5-7,11-12,14-16H2,1-4H3;1H/t19-,25+;/m0./s1. The predicted octanol–water partition coefficient (Wildman–Crippen LogP) is 4.31. The van der Waals surface area contributed by atoms with Crippen LogP contribution in [-0.4, -0.2) is 58.5 Å². The Morgan fingerprint density at radius 3 is 2.68 bits per heavy atom. The summed E-state index contributed by atoms with van der Waals surface area (Å²) in [6, 6.07) is 7.85. The summed E-state index contributed by atoms with van der Waals surface area (Å²) in [5, 5.41) is 10.2. The molecule has 2 N–H and O–H groups in total. The molecular weight excluding hydrogens is 410 g/mol. The van der Waals surface area contributed by atoms with Crippen LogP contribution in [0.5, 0.6) is 5.75 Å². The maximum atomic E-state index is 13.1. The van der Waals surface area contributed by atoms with Gasteiger partial charge in [-0.05, 0) is 87.9 Å². The third-order valence-corrected chi connectivity index (χ3v) is 7.68. The fourth-order valence-electron chi connectivity index (χ4n) is 5.79. The lowest BCUT2D eigenvalue weighted by molar-refractivity contribution is 0.0766. The van der Waals surface area contributed by atoms with E-state index in [2.05, 4.69) is 29.8 Å². The Kier molecular flexibility index (Phi) is 7.07. The Hall–Kier alpha value is -1.98. The van der Waals surface area contributed by atoms with E-state index < -0.39 is 0 Å². The summed E-state index contributed by atoms with van der Waals surface area (Å²) in [7, 11) is 0. The number of carbonyl (C=O) groups excluding carboxylic acids is 1. The number of aromatic hydroxyl groups is 1. The van der Waals surface area contributed by atoms with Gasteiger partial charge in [-0.25, -0.2) is 0 Å². The lowest BCUT2D eigenvalue weighted by Crippen LogP contribution is -2.53. The van der Waals surface area contributed by atoms with Crippen molar-refractivity contribution in [3.63, 3.8) is 0 Å². The van der Waals surface area contributed by atoms with Crippen LogP contribution < -0.4 is 0 Å². The first-order valence-electron chi connectivity index (χ1n) is 11.4. The summed E-state index contributed by atoms with van der Waals surface area (Å²) in [5.74, 6) is 0.923. The third kappa shape index (κ3) is 3.98. The van der Waals surface area contributed by atoms with Gasteiger partial charge in [0.1, 0.15) is 11.4 Å². The summed E-state index contributed by atoms with van der Waals surface area (Å²) < 4.78 is 0. The summed E-state index contributed by atoms with van der Waals surface area (Å²) >= 11 is 0. The van der Waals surface area contributed by atoms with Crippen LogP contribution >= 0.6 is 12.4 Å². The number of aromatic amines is 1. The summed E-state index contributed by atoms with van der Waals surface area (Å²) in [5.41, 5.74) is 5.68. The number of amides is 1. The zero-order valence-electron chi connectivity index (χ0n) is 19.2. The summed E-state index contributed by atoms with van der Waals surface area (Å²) in [4.78, 5) is 21.1. The number of nitrogens with zero attached hydrogens (tertiary/aromatic N) is 2. The molecule has 2 atom stereocenters. The SMILES string of the molecule is CCN1CC[C@]2(c3cccc(O)c3)Cc3[nH]c(C(=O)N(CC)CC)c(C)c3C[C@H]2C1.Cl. The van der Waals surface area contributed by atoms with Crippen LogP contribution in [-0.2, 0) is 18.3 Å². The highest BCUT2D eigenvalue weighted by atomic mass is 35.5. The molecule has 1 aliphatic carbocycles. The number of likely N-dealkylation sites (tertiary alicyclic amines) is 1. The monoisotopic (exact) mass is 445 g/mol. The molecule has 0 unspecified atom stereocenters. The van der Waals surface area contributed by atoms with Crippen molar-refractivity contribution in [2.75, 3.05) is 32.7 Å². The molecule has 2 aliphatic rings. The lowest BCUT2D eigenvalue weighted by Gasteiger charge is -2.51. The van der Waals surface area contributed by atoms with E-state index in [1.165, 1.54) is 16.8 Å². The number of nitrogens with one attached hydrogen (secondary N) is 1. The topological polar surface area (TPSA) is 59.6 Å². The van der Waals surface area contributed by atoms with E-state index in [9.17, 15) is 9.90 Å². The number of hydrogen-bond donors (Lipinski definition) is 2. The van der Waals surface area contributed by atoms with Crippen LogP contribution in [0.1, 0.15) is 60.1 Å². The number of fused-ring (bicyclic) bond motifs is 2. The van der Waals surface area contributed by atoms with Gasteiger partial charge in [0.25, 0.3) is 5.91 Å². The molecule has 1 aromatic heterocycles. The van der Waals surface area contributed by atoms with E-state index in [1.807, 2.05) is 30.9 Å². The van der Waals surface area contributed by atoms with Gasteiger partial charge in [-0.2, -0.15) is 0 Å². The number of H-pyrrole nitrogens is 1. The number of aromatic nitrogens is 1. The first-order valence-corrected chi connectivity index (χ1v) is 11.4. The average Bonchev–Trinajstić information content (AvgIpc) is 3.07. The van der Waals surface area contributed by atoms with Crippen molar-refractivity contribution in [1.29, 1.82) is 0 Å². The van der Waals surface area contributed by atoms with Gasteiger partial charge in [0, 0.05) is 30.7 Å². The molecule has 0 bridgehead atoms. The first-order chi connectivity index (χ1) is 14.4. The third-order valence-electron chi connectivity index (χ3n) is 7.68. The lowest BCUT2D eigenvalue weighted by atomic mass is 9.58. The van der Waals surface area contributed by atoms with Crippen LogP contribution in [0, 0.1) is 12.8 Å². The van der Waals surface area contributed by atoms with E-state index in [1.54, 1.807) is 6.07 Å². The minimum absolute atomic E-state index is 0. The molecule has 31 heavy (non-hydrogen) atoms. The zero-order chi connectivity index (χ0) is 21.5. The highest BCUT2D eigenvalue weighted by Gasteiger charge is 2.48. The van der Waals surface area contributed by atoms with Crippen molar-refractivity contribution in [1.82, 2.24) is 14.8 Å². The van der Waals surface area contributed by atoms with Crippen molar-refractivity contribution in [3.05, 3.63) is 52.3 Å². The predicted molar refractivity (Wildman–Crippen MR) is 127 cm³/mol. The molecule has 1 aromatic carbocycles. The average molecular weight is 446 g/mol. The quantitative estimate of drug-likeness (QED) is 0.720. The van der Waals surface area contributed by atoms with E-state index >= 15 is 0 Å². The highest BCUT2D eigenvalue weighted by molar-refractivity contribution is 5.94. The van der Waals surface area contributed by atoms with Crippen molar-refractivity contribution in [3.8, 4) is 5.75 Å². The van der Waals surface area contributed by atoms with Crippen molar-refractivity contribution in [2.24, 2.45) is 5.92 Å². The summed E-state index contributed by atoms with van der Waals surface area (Å²) in [6.07, 6.45) is 2.96. The van der Waals surface area contributed by atoms with Crippen LogP contribution in [0.3, 0.4) is 0 Å². The van der Waals surface area contributed by atoms with Crippen LogP contribution in [0.2, 0.25) is 0 Å². The second-order valence-corrected chi connectivity index (χ2v) is 8.99. The van der Waals surface area contributed by atoms with E-state index in [-0.39, 0.29) is 23.7 Å². The molecule has 170 valence electrons. The largest absolute Gasteiger partial charge is 0.508 e. The number of hydrogen-bond acceptors (Lipinski definition) is 3. The number of phenols is 1. The molecule has 4 rings (SSSR count). The van der Waals surface area contributed by atoms with Gasteiger partial charge in [-0.3, -0.25) is 4.79 Å². The van der Waals surface area contributed by atoms with Crippen molar-refractivity contribution >= 4 is 18.3 Å². The molecule has 1 amide bonds. The molecule has 5 nitrogen and oxygen atoms in total. The first kappa shape index (κ1) is 23.7. The molecule has 2 aromatic rings. The molecule has 1 fully saturated rings. The molecular formula is C25H36ClN3O2. The molecule has 0 spiro atoms. The smallest absolute Gasteiger partial charge is 0.270 e. The minimum Gasteiger partial charge on any atom is -0.508 e. The summed E-state index contributed by atoms with van der Waals surface area (Å²) in [6.45, 7) is 13.1. The van der Waals surface area contributed by atoms with Gasteiger partial charge < -0.3 is 19.9 Å². The molecule has 1 saturated heterocycles. The maximum Gasteiger partial charge on any atom is 0.270 e. The Balaban J connectivity index is 0.00000272. The highest BCUT2D eigenvalue weighted by Crippen LogP contribution is 2.49. The maximum absolute atomic E-state index is 13.1. The fourth-order valence-corrected chi connectivity index (χ4v) is 5.79. The van der Waals surface area contributed by atoms with E-state index in [4.69, 9.17) is 0 Å². The van der Waals surface area contributed by atoms with E-state index in [0.29, 0.717) is 11.7 Å². The number of rotatable bonds is 5. The number of carbonyl (C=O) groups is 1. The normalized spacial score (nSPS) is 22.9. The van der Waals surface area contributed by atoms with Gasteiger partial charge in [0.05, 0.1) is 0 Å². The second-order valence-electron chi connectivity index (χ2n) is 8.99. The van der Waals surface area contributed by atoms with Gasteiger partial charge in [-0.1, -0.05) is 19.1 Å². The fraction of sp³-hybridized carbons (Fsp3) is 0.560. The molecule has 0 radical (unpaired) electrons. The van der Waals surface area contributed by atoms with Crippen molar-refractivity contribution < 1.29 is 9.90 Å². The van der Waals surface area contributed by atoms with Crippen LogP contribution in [0.15, 0.2) is 24.3 Å². The van der Waals surface area contributed by atoms with Crippen LogP contribution in [0.4, 0.5) is 0 Å². The van der Waals surface area contributed by atoms with E-state index in [0.717, 1.165) is 63.2 Å². The van der Waals surface area contributed by atoms with Crippen LogP contribution in [0.25, 0.3) is 0 Å². The number of benzene rings is 1. The van der Waals surface area contributed by atoms with Gasteiger partial charge in [0.15, 0.2) is 0 Å². The van der Waals surface area contributed by atoms with Crippen molar-refractivity contribution in [2.45, 2.75) is 52.4 Å². The Morgan fingerprint density at radius 1 is 1.29 bits per heavy atom. The number of piperidine rings is 1. The molecule has 1 aliphatic heterocycles. The van der Waals surface area contributed by atoms with Gasteiger partial charge in [0.2, 0.25) is 0 Å². The molecule has 2 heterocycles. The molecule has 6 heteroatoms. The number of halogens is 1. The second kappa shape index (κ2) is 9.25. The Bertz CT molecular complexity index is 937. The molecule has 0 saturated carbocycles. The van der Waals surface area contributed by atoms with Gasteiger partial charge in [-0.15, -0.1) is 12.4 Å². The minimum atomic E-state index is 0. The Morgan fingerprint density at radius 2 is 2.03 bits per heavy atom. The zero-order valence-corrected chi connectivity index (χ0v) is 20.0. The Labute approximate surface area is 192 Å². The van der Waals surface area contributed by atoms with Gasteiger partial charge >= 0.3 is 0 Å². The number of phenolic OH excluding ortho intramolecular Hbond substituents is 1.